The average Bonchev–Trinajstić information content (AvgIpc) is 3.05. The van der Waals surface area contributed by atoms with E-state index in [2.05, 4.69) is 52.8 Å². The lowest BCUT2D eigenvalue weighted by Gasteiger charge is -2.27. The maximum Gasteiger partial charge on any atom is 0.237 e. The molecule has 4 heteroatoms. The molecule has 0 spiro atoms. The molecule has 2 saturated heterocycles. The van der Waals surface area contributed by atoms with Gasteiger partial charge < -0.3 is 10.6 Å². The van der Waals surface area contributed by atoms with Gasteiger partial charge in [-0.25, -0.2) is 0 Å². The van der Waals surface area contributed by atoms with Gasteiger partial charge in [0.1, 0.15) is 0 Å². The van der Waals surface area contributed by atoms with Crippen LogP contribution in [0.2, 0.25) is 0 Å². The smallest absolute Gasteiger partial charge is 0.237 e. The fraction of sp³-hybridized carbons (Fsp3) is 0.632. The topological polar surface area (TPSA) is 44.4 Å². The molecule has 0 bridgehead atoms. The Morgan fingerprint density at radius 3 is 2.87 bits per heavy atom. The van der Waals surface area contributed by atoms with E-state index in [0.717, 1.165) is 39.0 Å². The zero-order chi connectivity index (χ0) is 16.1. The second kappa shape index (κ2) is 7.93. The van der Waals surface area contributed by atoms with Gasteiger partial charge in [0.25, 0.3) is 0 Å². The second-order valence-electron chi connectivity index (χ2n) is 7.07. The van der Waals surface area contributed by atoms with E-state index >= 15 is 0 Å². The minimum atomic E-state index is 0.0213. The SMILES string of the molecule is CC(NC(=O)C1CCCCN1)C1CCN(Cc2ccccc2)C1. The van der Waals surface area contributed by atoms with Crippen molar-refractivity contribution in [2.75, 3.05) is 19.6 Å². The molecule has 0 saturated carbocycles. The van der Waals surface area contributed by atoms with E-state index in [-0.39, 0.29) is 18.0 Å². The first kappa shape index (κ1) is 16.5. The van der Waals surface area contributed by atoms with Crippen molar-refractivity contribution in [2.24, 2.45) is 5.92 Å². The van der Waals surface area contributed by atoms with Crippen LogP contribution in [-0.4, -0.2) is 42.5 Å². The van der Waals surface area contributed by atoms with E-state index in [1.165, 1.54) is 18.4 Å². The number of benzene rings is 1. The lowest BCUT2D eigenvalue weighted by atomic mass is 9.99. The Hall–Kier alpha value is -1.39. The maximum absolute atomic E-state index is 12.4. The third-order valence-corrected chi connectivity index (χ3v) is 5.26. The minimum Gasteiger partial charge on any atom is -0.352 e. The van der Waals surface area contributed by atoms with Crippen molar-refractivity contribution in [3.05, 3.63) is 35.9 Å². The summed E-state index contributed by atoms with van der Waals surface area (Å²) in [4.78, 5) is 14.9. The Labute approximate surface area is 139 Å². The quantitative estimate of drug-likeness (QED) is 0.875. The lowest BCUT2D eigenvalue weighted by Crippen LogP contribution is -2.50. The molecule has 1 aromatic rings. The van der Waals surface area contributed by atoms with E-state index in [9.17, 15) is 4.79 Å². The molecule has 2 aliphatic rings. The van der Waals surface area contributed by atoms with Crippen molar-refractivity contribution in [3.63, 3.8) is 0 Å². The van der Waals surface area contributed by atoms with Gasteiger partial charge in [-0.2, -0.15) is 0 Å². The van der Waals surface area contributed by atoms with Crippen LogP contribution in [0.4, 0.5) is 0 Å². The molecule has 1 amide bonds. The highest BCUT2D eigenvalue weighted by molar-refractivity contribution is 5.82. The van der Waals surface area contributed by atoms with E-state index in [0.29, 0.717) is 5.92 Å². The molecule has 2 N–H and O–H groups in total. The molecule has 2 heterocycles. The number of piperidine rings is 1. The highest BCUT2D eigenvalue weighted by atomic mass is 16.2. The summed E-state index contributed by atoms with van der Waals surface area (Å²) in [5.41, 5.74) is 1.37. The molecule has 3 atom stereocenters. The van der Waals surface area contributed by atoms with Crippen molar-refractivity contribution in [1.82, 2.24) is 15.5 Å². The average molecular weight is 315 g/mol. The van der Waals surface area contributed by atoms with Crippen LogP contribution in [0.5, 0.6) is 0 Å². The summed E-state index contributed by atoms with van der Waals surface area (Å²) in [7, 11) is 0. The van der Waals surface area contributed by atoms with Crippen LogP contribution < -0.4 is 10.6 Å². The lowest BCUT2D eigenvalue weighted by molar-refractivity contribution is -0.124. The molecule has 0 aliphatic carbocycles. The van der Waals surface area contributed by atoms with Gasteiger partial charge in [-0.1, -0.05) is 36.8 Å². The number of carbonyl (C=O) groups is 1. The van der Waals surface area contributed by atoms with Gasteiger partial charge in [0, 0.05) is 19.1 Å². The Bertz CT molecular complexity index is 499. The van der Waals surface area contributed by atoms with Crippen LogP contribution in [0.25, 0.3) is 0 Å². The Kier molecular flexibility index (Phi) is 5.68. The molecular formula is C19H29N3O. The van der Waals surface area contributed by atoms with Crippen LogP contribution in [0.15, 0.2) is 30.3 Å². The monoisotopic (exact) mass is 315 g/mol. The zero-order valence-corrected chi connectivity index (χ0v) is 14.1. The molecule has 3 unspecified atom stereocenters. The number of rotatable bonds is 5. The second-order valence-corrected chi connectivity index (χ2v) is 7.07. The summed E-state index contributed by atoms with van der Waals surface area (Å²) in [6, 6.07) is 10.9. The third-order valence-electron chi connectivity index (χ3n) is 5.26. The fourth-order valence-electron chi connectivity index (χ4n) is 3.77. The highest BCUT2D eigenvalue weighted by Gasteiger charge is 2.29. The van der Waals surface area contributed by atoms with E-state index < -0.39 is 0 Å². The van der Waals surface area contributed by atoms with Crippen LogP contribution in [0.3, 0.4) is 0 Å². The van der Waals surface area contributed by atoms with Gasteiger partial charge in [-0.15, -0.1) is 0 Å². The molecular weight excluding hydrogens is 286 g/mol. The van der Waals surface area contributed by atoms with E-state index in [1.54, 1.807) is 0 Å². The number of hydrogen-bond donors (Lipinski definition) is 2. The Balaban J connectivity index is 1.45. The van der Waals surface area contributed by atoms with Gasteiger partial charge in [0.2, 0.25) is 5.91 Å². The number of nitrogens with zero attached hydrogens (tertiary/aromatic N) is 1. The van der Waals surface area contributed by atoms with Crippen molar-refractivity contribution in [1.29, 1.82) is 0 Å². The summed E-state index contributed by atoms with van der Waals surface area (Å²) in [5.74, 6) is 0.755. The molecule has 4 nitrogen and oxygen atoms in total. The fourth-order valence-corrected chi connectivity index (χ4v) is 3.77. The van der Waals surface area contributed by atoms with Crippen LogP contribution in [-0.2, 0) is 11.3 Å². The third kappa shape index (κ3) is 4.55. The standard InChI is InChI=1S/C19H29N3O/c1-15(21-19(23)18-9-5-6-11-20-18)17-10-12-22(14-17)13-16-7-3-2-4-8-16/h2-4,7-8,15,17-18,20H,5-6,9-14H2,1H3,(H,21,23). The van der Waals surface area contributed by atoms with Gasteiger partial charge >= 0.3 is 0 Å². The van der Waals surface area contributed by atoms with Gasteiger partial charge in [0.05, 0.1) is 6.04 Å². The summed E-state index contributed by atoms with van der Waals surface area (Å²) < 4.78 is 0. The highest BCUT2D eigenvalue weighted by Crippen LogP contribution is 2.22. The van der Waals surface area contributed by atoms with E-state index in [1.807, 2.05) is 0 Å². The summed E-state index contributed by atoms with van der Waals surface area (Å²) in [6.07, 6.45) is 4.50. The van der Waals surface area contributed by atoms with Crippen molar-refractivity contribution in [3.8, 4) is 0 Å². The molecule has 0 aromatic heterocycles. The van der Waals surface area contributed by atoms with Crippen LogP contribution >= 0.6 is 0 Å². The molecule has 0 radical (unpaired) electrons. The predicted octanol–water partition coefficient (Wildman–Crippen LogP) is 2.16. The summed E-state index contributed by atoms with van der Waals surface area (Å²) in [6.45, 7) is 6.36. The molecule has 3 rings (SSSR count). The number of hydrogen-bond acceptors (Lipinski definition) is 3. The first-order valence-corrected chi connectivity index (χ1v) is 9.02. The minimum absolute atomic E-state index is 0.0213. The predicted molar refractivity (Wildman–Crippen MR) is 93.1 cm³/mol. The number of nitrogens with one attached hydrogen (secondary N) is 2. The van der Waals surface area contributed by atoms with Gasteiger partial charge in [-0.05, 0) is 50.8 Å². The van der Waals surface area contributed by atoms with E-state index in [4.69, 9.17) is 0 Å². The molecule has 1 aromatic carbocycles. The van der Waals surface area contributed by atoms with Gasteiger partial charge in [-0.3, -0.25) is 9.69 Å². The first-order chi connectivity index (χ1) is 11.2. The van der Waals surface area contributed by atoms with Crippen LogP contribution in [0.1, 0.15) is 38.2 Å². The zero-order valence-electron chi connectivity index (χ0n) is 14.1. The van der Waals surface area contributed by atoms with Gasteiger partial charge in [0.15, 0.2) is 0 Å². The molecule has 2 aliphatic heterocycles. The molecule has 23 heavy (non-hydrogen) atoms. The van der Waals surface area contributed by atoms with Crippen molar-refractivity contribution in [2.45, 2.75) is 51.2 Å². The van der Waals surface area contributed by atoms with Crippen molar-refractivity contribution < 1.29 is 4.79 Å². The van der Waals surface area contributed by atoms with Crippen LogP contribution in [0, 0.1) is 5.92 Å². The maximum atomic E-state index is 12.4. The number of likely N-dealkylation sites (tertiary alicyclic amines) is 1. The summed E-state index contributed by atoms with van der Waals surface area (Å²) in [5, 5.41) is 6.58. The first-order valence-electron chi connectivity index (χ1n) is 9.02. The Morgan fingerprint density at radius 2 is 2.13 bits per heavy atom. The van der Waals surface area contributed by atoms with Crippen molar-refractivity contribution >= 4 is 5.91 Å². The largest absolute Gasteiger partial charge is 0.352 e. The number of carbonyl (C=O) groups excluding carboxylic acids is 1. The number of amides is 1. The Morgan fingerprint density at radius 1 is 1.30 bits per heavy atom. The molecule has 126 valence electrons. The summed E-state index contributed by atoms with van der Waals surface area (Å²) >= 11 is 0. The normalized spacial score (nSPS) is 26.8. The molecule has 2 fully saturated rings.